The smallest absolute Gasteiger partial charge is 0.345 e. The Hall–Kier alpha value is -4.30. The molecular weight excluding hydrogens is 481 g/mol. The highest BCUT2D eigenvalue weighted by Gasteiger charge is 2.26. The van der Waals surface area contributed by atoms with Crippen molar-refractivity contribution in [2.45, 2.75) is 6.92 Å². The van der Waals surface area contributed by atoms with E-state index in [2.05, 4.69) is 0 Å². The zero-order valence-electron chi connectivity index (χ0n) is 19.6. The van der Waals surface area contributed by atoms with E-state index in [4.69, 9.17) is 9.47 Å². The van der Waals surface area contributed by atoms with Crippen LogP contribution in [0.15, 0.2) is 83.7 Å². The van der Waals surface area contributed by atoms with Crippen molar-refractivity contribution in [2.24, 2.45) is 0 Å². The number of thiazole rings is 1. The number of hydrogen-bond acceptors (Lipinski definition) is 6. The van der Waals surface area contributed by atoms with Crippen molar-refractivity contribution in [3.8, 4) is 11.4 Å². The zero-order chi connectivity index (χ0) is 25.7. The van der Waals surface area contributed by atoms with Gasteiger partial charge in [-0.05, 0) is 67.1 Å². The lowest BCUT2D eigenvalue weighted by Crippen LogP contribution is -2.33. The van der Waals surface area contributed by atoms with Crippen LogP contribution in [0.5, 0.6) is 5.75 Å². The summed E-state index contributed by atoms with van der Waals surface area (Å²) in [5.41, 5.74) is 0.641. The number of hydrogen-bond donors (Lipinski definition) is 0. The highest BCUT2D eigenvalue weighted by molar-refractivity contribution is 7.08. The Kier molecular flexibility index (Phi) is 7.56. The monoisotopic (exact) mass is 503 g/mol. The summed E-state index contributed by atoms with van der Waals surface area (Å²) < 4.78 is 25.5. The Balaban J connectivity index is 2.06. The van der Waals surface area contributed by atoms with E-state index >= 15 is 0 Å². The molecule has 36 heavy (non-hydrogen) atoms. The van der Waals surface area contributed by atoms with Gasteiger partial charge >= 0.3 is 5.97 Å². The predicted molar refractivity (Wildman–Crippen MR) is 136 cm³/mol. The molecule has 0 bridgehead atoms. The van der Waals surface area contributed by atoms with Crippen LogP contribution >= 0.6 is 11.3 Å². The molecule has 182 valence electrons. The third-order valence-corrected chi connectivity index (χ3v) is 6.37. The van der Waals surface area contributed by atoms with Crippen molar-refractivity contribution in [1.29, 1.82) is 0 Å². The molecule has 6 nitrogen and oxygen atoms in total. The number of para-hydroxylation sites is 1. The summed E-state index contributed by atoms with van der Waals surface area (Å²) in [5, 5.41) is 0. The number of ketones is 1. The summed E-state index contributed by atoms with van der Waals surface area (Å²) in [4.78, 5) is 40.3. The van der Waals surface area contributed by atoms with Gasteiger partial charge in [0.05, 0.1) is 23.9 Å². The lowest BCUT2D eigenvalue weighted by Gasteiger charge is -2.09. The third-order valence-electron chi connectivity index (χ3n) is 5.28. The van der Waals surface area contributed by atoms with Crippen LogP contribution in [0.3, 0.4) is 0 Å². The van der Waals surface area contributed by atoms with Gasteiger partial charge in [0.2, 0.25) is 5.78 Å². The molecule has 0 amide bonds. The van der Waals surface area contributed by atoms with Crippen LogP contribution in [0.25, 0.3) is 17.3 Å². The van der Waals surface area contributed by atoms with Crippen LogP contribution in [0.4, 0.5) is 4.39 Å². The van der Waals surface area contributed by atoms with E-state index in [0.29, 0.717) is 17.0 Å². The van der Waals surface area contributed by atoms with E-state index in [1.165, 1.54) is 23.8 Å². The second kappa shape index (κ2) is 11.0. The zero-order valence-corrected chi connectivity index (χ0v) is 20.4. The normalized spacial score (nSPS) is 12.2. The van der Waals surface area contributed by atoms with Gasteiger partial charge in [-0.15, -0.1) is 11.3 Å². The number of Topliss-reactive ketones (excluding diaryl/α,β-unsaturated/α-hetero) is 1. The van der Waals surface area contributed by atoms with Gasteiger partial charge in [-0.3, -0.25) is 14.2 Å². The Morgan fingerprint density at radius 2 is 1.64 bits per heavy atom. The predicted octanol–water partition coefficient (Wildman–Crippen LogP) is 3.47. The van der Waals surface area contributed by atoms with Crippen LogP contribution in [-0.4, -0.2) is 30.0 Å². The standard InChI is InChI=1S/C28H22FNO5S/c1-3-35-28(33)24(25(31)19-11-15-22(34-2)16-12-19)27-30(21-7-5-4-6-8-21)26(32)23(36-27)17-18-9-13-20(29)14-10-18/h4-17H,3H2,1-2H3. The van der Waals surface area contributed by atoms with Gasteiger partial charge in [0.15, 0.2) is 0 Å². The number of methoxy groups -OCH3 is 1. The van der Waals surface area contributed by atoms with E-state index in [-0.39, 0.29) is 26.9 Å². The topological polar surface area (TPSA) is 74.6 Å². The number of carbonyl (C=O) groups is 2. The molecule has 0 aliphatic carbocycles. The SMILES string of the molecule is CCOC(=O)C(C(=O)c1ccc(OC)cc1)=c1sc(=Cc2ccc(F)cc2)c(=O)n1-c1ccccc1. The number of carbonyl (C=O) groups excluding carboxylic acids is 2. The maximum atomic E-state index is 13.6. The van der Waals surface area contributed by atoms with Gasteiger partial charge in [-0.2, -0.15) is 0 Å². The highest BCUT2D eigenvalue weighted by atomic mass is 32.1. The van der Waals surface area contributed by atoms with Crippen molar-refractivity contribution in [3.05, 3.63) is 115 Å². The van der Waals surface area contributed by atoms with E-state index in [0.717, 1.165) is 11.3 Å². The minimum absolute atomic E-state index is 0.0493. The van der Waals surface area contributed by atoms with Crippen LogP contribution in [0.2, 0.25) is 0 Å². The summed E-state index contributed by atoms with van der Waals surface area (Å²) in [5.74, 6) is -1.27. The van der Waals surface area contributed by atoms with Crippen molar-refractivity contribution in [3.63, 3.8) is 0 Å². The molecule has 0 spiro atoms. The number of esters is 1. The molecule has 0 N–H and O–H groups in total. The number of rotatable bonds is 7. The van der Waals surface area contributed by atoms with Gasteiger partial charge in [0, 0.05) is 5.56 Å². The largest absolute Gasteiger partial charge is 0.497 e. The van der Waals surface area contributed by atoms with Crippen LogP contribution < -0.4 is 19.5 Å². The first-order valence-corrected chi connectivity index (χ1v) is 11.9. The van der Waals surface area contributed by atoms with E-state index in [9.17, 15) is 18.8 Å². The molecule has 8 heteroatoms. The number of halogens is 1. The van der Waals surface area contributed by atoms with Crippen molar-refractivity contribution in [1.82, 2.24) is 4.57 Å². The second-order valence-electron chi connectivity index (χ2n) is 7.60. The first-order chi connectivity index (χ1) is 17.4. The average molecular weight is 504 g/mol. The Morgan fingerprint density at radius 3 is 2.25 bits per heavy atom. The molecule has 0 aliphatic rings. The molecule has 1 heterocycles. The fourth-order valence-electron chi connectivity index (χ4n) is 3.54. The average Bonchev–Trinajstić information content (AvgIpc) is 3.21. The lowest BCUT2D eigenvalue weighted by atomic mass is 10.0. The summed E-state index contributed by atoms with van der Waals surface area (Å²) in [6.45, 7) is 1.69. The molecular formula is C28H22FNO5S. The van der Waals surface area contributed by atoms with E-state index in [1.54, 1.807) is 79.7 Å². The maximum Gasteiger partial charge on any atom is 0.345 e. The Morgan fingerprint density at radius 1 is 0.972 bits per heavy atom. The number of aromatic nitrogens is 1. The summed E-state index contributed by atoms with van der Waals surface area (Å²) in [6.07, 6.45) is 1.59. The van der Waals surface area contributed by atoms with E-state index in [1.807, 2.05) is 0 Å². The van der Waals surface area contributed by atoms with Crippen molar-refractivity contribution >= 4 is 34.7 Å². The minimum atomic E-state index is -0.836. The van der Waals surface area contributed by atoms with Crippen LogP contribution in [0, 0.1) is 5.82 Å². The number of benzene rings is 3. The van der Waals surface area contributed by atoms with Crippen LogP contribution in [0.1, 0.15) is 22.8 Å². The molecule has 0 saturated heterocycles. The molecule has 4 aromatic rings. The summed E-state index contributed by atoms with van der Waals surface area (Å²) >= 11 is 0.991. The van der Waals surface area contributed by atoms with Crippen LogP contribution in [-0.2, 0) is 9.53 Å². The molecule has 0 fully saturated rings. The van der Waals surface area contributed by atoms with Gasteiger partial charge in [0.1, 0.15) is 21.8 Å². The molecule has 3 aromatic carbocycles. The fourth-order valence-corrected chi connectivity index (χ4v) is 4.68. The first-order valence-electron chi connectivity index (χ1n) is 11.1. The van der Waals surface area contributed by atoms with Gasteiger partial charge in [-0.1, -0.05) is 30.3 Å². The molecule has 4 rings (SSSR count). The lowest BCUT2D eigenvalue weighted by molar-refractivity contribution is -0.136. The van der Waals surface area contributed by atoms with Crippen molar-refractivity contribution < 1.29 is 23.5 Å². The van der Waals surface area contributed by atoms with Crippen molar-refractivity contribution in [2.75, 3.05) is 13.7 Å². The Labute approximate surface area is 210 Å². The number of ether oxygens (including phenoxy) is 2. The molecule has 0 saturated carbocycles. The van der Waals surface area contributed by atoms with Gasteiger partial charge in [0.25, 0.3) is 5.56 Å². The molecule has 0 atom stereocenters. The molecule has 0 radical (unpaired) electrons. The molecule has 0 aliphatic heterocycles. The number of nitrogens with zero attached hydrogens (tertiary/aromatic N) is 1. The maximum absolute atomic E-state index is 13.6. The quantitative estimate of drug-likeness (QED) is 0.219. The fraction of sp³-hybridized carbons (Fsp3) is 0.107. The summed E-state index contributed by atoms with van der Waals surface area (Å²) in [6, 6.07) is 20.7. The second-order valence-corrected chi connectivity index (χ2v) is 8.63. The Bertz CT molecular complexity index is 1570. The molecule has 0 unspecified atom stereocenters. The summed E-state index contributed by atoms with van der Waals surface area (Å²) in [7, 11) is 1.51. The van der Waals surface area contributed by atoms with E-state index < -0.39 is 23.1 Å². The van der Waals surface area contributed by atoms with Gasteiger partial charge < -0.3 is 9.47 Å². The minimum Gasteiger partial charge on any atom is -0.497 e. The first kappa shape index (κ1) is 24.8. The molecule has 1 aromatic heterocycles. The third kappa shape index (κ3) is 5.18. The highest BCUT2D eigenvalue weighted by Crippen LogP contribution is 2.16. The van der Waals surface area contributed by atoms with Gasteiger partial charge in [-0.25, -0.2) is 9.18 Å².